The zero-order valence-corrected chi connectivity index (χ0v) is 39.3. The number of halogens is 2. The first-order valence-electron chi connectivity index (χ1n) is 20.0. The number of benzene rings is 6. The van der Waals surface area contributed by atoms with Gasteiger partial charge in [-0.2, -0.15) is 18.2 Å². The van der Waals surface area contributed by atoms with Crippen molar-refractivity contribution >= 4 is 3.21 Å². The van der Waals surface area contributed by atoms with E-state index in [4.69, 9.17) is 0 Å². The van der Waals surface area contributed by atoms with E-state index >= 15 is 0 Å². The first-order chi connectivity index (χ1) is 26.7. The molecule has 0 heterocycles. The zero-order valence-electron chi connectivity index (χ0n) is 35.3. The van der Waals surface area contributed by atoms with Gasteiger partial charge in [-0.1, -0.05) is 131 Å². The fourth-order valence-corrected chi connectivity index (χ4v) is 8.33. The van der Waals surface area contributed by atoms with Crippen LogP contribution in [0.4, 0.5) is 0 Å². The van der Waals surface area contributed by atoms with Crippen molar-refractivity contribution in [1.29, 1.82) is 0 Å². The molecule has 8 rings (SSSR count). The van der Waals surface area contributed by atoms with Gasteiger partial charge in [0.15, 0.2) is 0 Å². The maximum Gasteiger partial charge on any atom is -0.172 e. The van der Waals surface area contributed by atoms with Gasteiger partial charge in [-0.25, -0.2) is 12.1 Å². The third kappa shape index (κ3) is 11.4. The first kappa shape index (κ1) is 46.7. The number of fused-ring (bicyclic) bond motifs is 3. The molecule has 1 aliphatic rings. The van der Waals surface area contributed by atoms with Crippen LogP contribution in [0.15, 0.2) is 170 Å². The molecule has 296 valence electrons. The van der Waals surface area contributed by atoms with E-state index < -0.39 is 0 Å². The summed E-state index contributed by atoms with van der Waals surface area (Å²) in [6.45, 7) is 18.6. The largest absolute Gasteiger partial charge is 1.00 e. The molecule has 0 bridgehead atoms. The van der Waals surface area contributed by atoms with Crippen LogP contribution >= 0.6 is 0 Å². The van der Waals surface area contributed by atoms with Crippen LogP contribution in [0.1, 0.15) is 88.8 Å². The summed E-state index contributed by atoms with van der Waals surface area (Å²) < 4.78 is 1.59. The Morgan fingerprint density at radius 2 is 1.03 bits per heavy atom. The molecule has 3 heteroatoms. The van der Waals surface area contributed by atoms with Crippen LogP contribution in [-0.4, -0.2) is 3.21 Å². The Morgan fingerprint density at radius 1 is 0.552 bits per heavy atom. The molecular formula is C55H56Cl2Zr-2. The van der Waals surface area contributed by atoms with Crippen molar-refractivity contribution in [1.82, 2.24) is 0 Å². The average molecular weight is 879 g/mol. The number of rotatable bonds is 6. The van der Waals surface area contributed by atoms with Crippen LogP contribution in [0.5, 0.6) is 0 Å². The average Bonchev–Trinajstić information content (AvgIpc) is 3.90. The predicted molar refractivity (Wildman–Crippen MR) is 238 cm³/mol. The smallest absolute Gasteiger partial charge is 0.172 e. The second-order valence-electron chi connectivity index (χ2n) is 17.5. The van der Waals surface area contributed by atoms with Crippen molar-refractivity contribution in [2.24, 2.45) is 0 Å². The van der Waals surface area contributed by atoms with E-state index in [2.05, 4.69) is 201 Å². The summed E-state index contributed by atoms with van der Waals surface area (Å²) in [6.07, 6.45) is 2.03. The Balaban J connectivity index is 0.000000250. The molecular weight excluding hydrogens is 823 g/mol. The molecule has 0 unspecified atom stereocenters. The molecule has 0 atom stereocenters. The van der Waals surface area contributed by atoms with Crippen LogP contribution in [0, 0.1) is 6.07 Å². The summed E-state index contributed by atoms with van der Waals surface area (Å²) in [5.41, 5.74) is 16.5. The summed E-state index contributed by atoms with van der Waals surface area (Å²) in [5, 5.41) is 0. The monoisotopic (exact) mass is 876 g/mol. The van der Waals surface area contributed by atoms with Gasteiger partial charge in [0.2, 0.25) is 0 Å². The van der Waals surface area contributed by atoms with Crippen LogP contribution < -0.4 is 24.8 Å². The Bertz CT molecular complexity index is 2210. The molecule has 7 aromatic carbocycles. The minimum Gasteiger partial charge on any atom is -1.00 e. The third-order valence-electron chi connectivity index (χ3n) is 10.9. The normalized spacial score (nSPS) is 11.6. The van der Waals surface area contributed by atoms with Crippen molar-refractivity contribution in [2.75, 3.05) is 0 Å². The van der Waals surface area contributed by atoms with Crippen LogP contribution in [0.25, 0.3) is 33.4 Å². The fourth-order valence-electron chi connectivity index (χ4n) is 7.47. The molecule has 0 nitrogen and oxygen atoms in total. The second kappa shape index (κ2) is 20.3. The maximum absolute atomic E-state index is 3.88. The van der Waals surface area contributed by atoms with Crippen molar-refractivity contribution in [3.8, 4) is 33.4 Å². The van der Waals surface area contributed by atoms with E-state index in [0.717, 1.165) is 12.8 Å². The fraction of sp³-hybridized carbons (Fsp3) is 0.236. The summed E-state index contributed by atoms with van der Waals surface area (Å²) in [5.74, 6) is 0. The van der Waals surface area contributed by atoms with Crippen molar-refractivity contribution in [2.45, 2.75) is 84.5 Å². The summed E-state index contributed by atoms with van der Waals surface area (Å²) in [7, 11) is 0. The molecule has 0 amide bonds. The molecule has 0 fully saturated rings. The predicted octanol–water partition coefficient (Wildman–Crippen LogP) is 8.33. The van der Waals surface area contributed by atoms with Crippen molar-refractivity contribution < 1.29 is 49.0 Å². The summed E-state index contributed by atoms with van der Waals surface area (Å²) >= 11 is 1.53. The SMILES string of the molecule is CC(C)(C)c1cc2c([c-]c1-c1ccccc1)Cc1cc(-c3ccccc3)c(C(C)(C)C)cc1-2.CC(C)([C](=[Zr+2])Cc1ccccc1)c1ccccc1.[Cl-].[Cl-].c1cc[cH-]c1. The van der Waals surface area contributed by atoms with E-state index in [9.17, 15) is 0 Å². The van der Waals surface area contributed by atoms with Gasteiger partial charge in [-0.05, 0) is 39.5 Å². The number of hydrogen-bond acceptors (Lipinski definition) is 0. The molecule has 0 aliphatic heterocycles. The van der Waals surface area contributed by atoms with Crippen LogP contribution in [0.3, 0.4) is 0 Å². The Morgan fingerprint density at radius 3 is 1.53 bits per heavy atom. The van der Waals surface area contributed by atoms with Crippen LogP contribution in [-0.2, 0) is 53.3 Å². The van der Waals surface area contributed by atoms with E-state index in [1.807, 2.05) is 30.3 Å². The molecule has 7 aromatic rings. The molecule has 0 saturated carbocycles. The summed E-state index contributed by atoms with van der Waals surface area (Å²) in [6, 6.07) is 64.4. The minimum absolute atomic E-state index is 0. The standard InChI is InChI=1S/C33H33.C17H18.C5H5.2ClH.Zr/c1-32(2,3)30-20-26-24(18-28(30)22-13-9-7-10-14-22)17-25-19-29(23-15-11-8-12-16-23)31(21-27(25)26)33(4,5)6;1-17(2,16-11-7-4-8-12-16)14-13-15-9-5-3-6-10-15;1-2-4-5-3-1;;;/h7-16,18,20-21H,17H2,1-6H3;3-12H,13H2,1-2H3;1-5H;2*1H;/q-1;;-1;;;+2/p-2. The first-order valence-corrected chi connectivity index (χ1v) is 21.2. The third-order valence-corrected chi connectivity index (χ3v) is 12.8. The minimum atomic E-state index is 0. The summed E-state index contributed by atoms with van der Waals surface area (Å²) in [4.78, 5) is 0. The number of hydrogen-bond donors (Lipinski definition) is 0. The van der Waals surface area contributed by atoms with E-state index in [1.54, 1.807) is 3.21 Å². The van der Waals surface area contributed by atoms with Crippen molar-refractivity contribution in [3.05, 3.63) is 209 Å². The van der Waals surface area contributed by atoms with Gasteiger partial charge in [0.25, 0.3) is 0 Å². The van der Waals surface area contributed by atoms with E-state index in [-0.39, 0.29) is 41.1 Å². The van der Waals surface area contributed by atoms with Gasteiger partial charge in [-0.3, -0.25) is 0 Å². The Kier molecular flexibility index (Phi) is 16.4. The van der Waals surface area contributed by atoms with Gasteiger partial charge in [0.05, 0.1) is 0 Å². The van der Waals surface area contributed by atoms with Crippen molar-refractivity contribution in [3.63, 3.8) is 0 Å². The van der Waals surface area contributed by atoms with E-state index in [0.29, 0.717) is 0 Å². The topological polar surface area (TPSA) is 0 Å². The van der Waals surface area contributed by atoms with E-state index in [1.165, 1.54) is 91.0 Å². The molecule has 0 spiro atoms. The molecule has 0 radical (unpaired) electrons. The zero-order chi connectivity index (χ0) is 39.9. The molecule has 0 N–H and O–H groups in total. The van der Waals surface area contributed by atoms with Gasteiger partial charge in [0, 0.05) is 0 Å². The maximum atomic E-state index is 3.88. The second-order valence-corrected chi connectivity index (χ2v) is 19.0. The molecule has 1 aliphatic carbocycles. The van der Waals surface area contributed by atoms with Gasteiger partial charge in [0.1, 0.15) is 0 Å². The molecule has 58 heavy (non-hydrogen) atoms. The van der Waals surface area contributed by atoms with Gasteiger partial charge < -0.3 is 24.8 Å². The Hall–Kier alpha value is -4.00. The molecule has 0 saturated heterocycles. The van der Waals surface area contributed by atoms with Gasteiger partial charge in [-0.15, -0.1) is 28.8 Å². The van der Waals surface area contributed by atoms with Crippen LogP contribution in [0.2, 0.25) is 0 Å². The quantitative estimate of drug-likeness (QED) is 0.148. The van der Waals surface area contributed by atoms with Gasteiger partial charge >= 0.3 is 125 Å². The molecule has 0 aromatic heterocycles. The Labute approximate surface area is 376 Å².